The van der Waals surface area contributed by atoms with E-state index in [0.717, 1.165) is 5.56 Å². The first-order valence-electron chi connectivity index (χ1n) is 9.59. The number of hydrogen-bond donors (Lipinski definition) is 1. The third kappa shape index (κ3) is 5.65. The Balaban J connectivity index is 2.15. The highest BCUT2D eigenvalue weighted by atomic mass is 35.5. The zero-order valence-corrected chi connectivity index (χ0v) is 19.1. The topological polar surface area (TPSA) is 84.9 Å². The van der Waals surface area contributed by atoms with Crippen molar-refractivity contribution < 1.29 is 22.7 Å². The minimum Gasteiger partial charge on any atom is -0.496 e. The number of amides is 1. The van der Waals surface area contributed by atoms with Crippen LogP contribution in [-0.2, 0) is 14.8 Å². The van der Waals surface area contributed by atoms with E-state index < -0.39 is 15.9 Å². The maximum absolute atomic E-state index is 12.9. The van der Waals surface area contributed by atoms with Crippen molar-refractivity contribution in [2.24, 2.45) is 0 Å². The van der Waals surface area contributed by atoms with Gasteiger partial charge in [0.25, 0.3) is 5.91 Å². The van der Waals surface area contributed by atoms with E-state index in [9.17, 15) is 13.2 Å². The molecule has 1 atom stereocenters. The summed E-state index contributed by atoms with van der Waals surface area (Å²) in [5.41, 5.74) is 0.824. The largest absolute Gasteiger partial charge is 0.496 e. The van der Waals surface area contributed by atoms with Crippen molar-refractivity contribution >= 4 is 27.5 Å². The van der Waals surface area contributed by atoms with Crippen molar-refractivity contribution in [3.05, 3.63) is 53.1 Å². The molecule has 0 fully saturated rings. The van der Waals surface area contributed by atoms with Gasteiger partial charge in [-0.15, -0.1) is 0 Å². The van der Waals surface area contributed by atoms with Crippen LogP contribution in [0.1, 0.15) is 32.4 Å². The van der Waals surface area contributed by atoms with Crippen LogP contribution >= 0.6 is 11.6 Å². The quantitative estimate of drug-likeness (QED) is 0.592. The van der Waals surface area contributed by atoms with E-state index in [-0.39, 0.29) is 28.3 Å². The molecule has 30 heavy (non-hydrogen) atoms. The first-order chi connectivity index (χ1) is 14.2. The van der Waals surface area contributed by atoms with Gasteiger partial charge in [-0.2, -0.15) is 4.31 Å². The van der Waals surface area contributed by atoms with Gasteiger partial charge in [-0.25, -0.2) is 8.42 Å². The number of carbonyl (C=O) groups is 1. The average Bonchev–Trinajstić information content (AvgIpc) is 2.73. The molecule has 0 spiro atoms. The highest BCUT2D eigenvalue weighted by molar-refractivity contribution is 7.89. The lowest BCUT2D eigenvalue weighted by Crippen LogP contribution is -2.33. The molecule has 2 aromatic carbocycles. The highest BCUT2D eigenvalue weighted by Gasteiger charge is 2.26. The second-order valence-electron chi connectivity index (χ2n) is 6.50. The predicted octanol–water partition coefficient (Wildman–Crippen LogP) is 3.64. The Morgan fingerprint density at radius 1 is 1.13 bits per heavy atom. The molecule has 0 saturated carbocycles. The van der Waals surface area contributed by atoms with Gasteiger partial charge in [0.1, 0.15) is 16.4 Å². The van der Waals surface area contributed by atoms with Gasteiger partial charge in [-0.1, -0.05) is 43.6 Å². The number of hydrogen-bond acceptors (Lipinski definition) is 5. The van der Waals surface area contributed by atoms with Gasteiger partial charge in [0.2, 0.25) is 10.0 Å². The lowest BCUT2D eigenvalue weighted by atomic mass is 10.1. The zero-order chi connectivity index (χ0) is 22.3. The van der Waals surface area contributed by atoms with Crippen LogP contribution in [-0.4, -0.2) is 45.4 Å². The van der Waals surface area contributed by atoms with E-state index in [2.05, 4.69) is 5.32 Å². The van der Waals surface area contributed by atoms with E-state index in [1.165, 1.54) is 22.5 Å². The molecule has 9 heteroatoms. The molecule has 1 N–H and O–H groups in total. The molecule has 2 aromatic rings. The normalized spacial score (nSPS) is 12.5. The number of carbonyl (C=O) groups excluding carboxylic acids is 1. The summed E-state index contributed by atoms with van der Waals surface area (Å²) in [5.74, 6) is 0.345. The molecule has 2 rings (SSSR count). The van der Waals surface area contributed by atoms with E-state index in [1.807, 2.05) is 31.2 Å². The Bertz CT molecular complexity index is 977. The van der Waals surface area contributed by atoms with Crippen LogP contribution in [0.3, 0.4) is 0 Å². The first kappa shape index (κ1) is 24.0. The number of halogens is 1. The lowest BCUT2D eigenvalue weighted by molar-refractivity contribution is -0.123. The van der Waals surface area contributed by atoms with Gasteiger partial charge in [0, 0.05) is 23.7 Å². The lowest BCUT2D eigenvalue weighted by Gasteiger charge is -2.21. The third-order valence-corrected chi connectivity index (χ3v) is 6.88. The molecular formula is C21H27ClN2O5S. The van der Waals surface area contributed by atoms with Gasteiger partial charge < -0.3 is 14.8 Å². The Morgan fingerprint density at radius 2 is 1.80 bits per heavy atom. The van der Waals surface area contributed by atoms with Crippen LogP contribution in [0.25, 0.3) is 0 Å². The van der Waals surface area contributed by atoms with Crippen LogP contribution in [0.4, 0.5) is 0 Å². The number of nitrogens with one attached hydrogen (secondary N) is 1. The monoisotopic (exact) mass is 454 g/mol. The molecule has 0 aliphatic rings. The van der Waals surface area contributed by atoms with Crippen molar-refractivity contribution in [3.63, 3.8) is 0 Å². The smallest absolute Gasteiger partial charge is 0.258 e. The molecular weight excluding hydrogens is 428 g/mol. The van der Waals surface area contributed by atoms with Crippen molar-refractivity contribution in [1.29, 1.82) is 0 Å². The van der Waals surface area contributed by atoms with Crippen molar-refractivity contribution in [2.45, 2.75) is 31.7 Å². The molecule has 7 nitrogen and oxygen atoms in total. The van der Waals surface area contributed by atoms with Gasteiger partial charge in [0.05, 0.1) is 13.2 Å². The Labute approximate surface area is 183 Å². The number of benzene rings is 2. The van der Waals surface area contributed by atoms with Crippen LogP contribution in [0.5, 0.6) is 11.5 Å². The van der Waals surface area contributed by atoms with Crippen molar-refractivity contribution in [3.8, 4) is 11.5 Å². The summed E-state index contributed by atoms with van der Waals surface area (Å²) in [6.07, 6.45) is 0. The van der Waals surface area contributed by atoms with Gasteiger partial charge >= 0.3 is 0 Å². The second-order valence-corrected chi connectivity index (χ2v) is 8.84. The summed E-state index contributed by atoms with van der Waals surface area (Å²) in [6, 6.07) is 11.4. The molecule has 164 valence electrons. The summed E-state index contributed by atoms with van der Waals surface area (Å²) >= 11 is 6.01. The average molecular weight is 455 g/mol. The number of nitrogens with zero attached hydrogens (tertiary/aromatic N) is 1. The maximum atomic E-state index is 12.9. The Hall–Kier alpha value is -2.29. The zero-order valence-electron chi connectivity index (χ0n) is 17.5. The second kappa shape index (κ2) is 10.7. The number of ether oxygens (including phenoxy) is 2. The van der Waals surface area contributed by atoms with E-state index in [0.29, 0.717) is 18.8 Å². The Kier molecular flexibility index (Phi) is 8.52. The first-order valence-corrected chi connectivity index (χ1v) is 11.4. The third-order valence-electron chi connectivity index (χ3n) is 4.57. The minimum absolute atomic E-state index is 0.0655. The van der Waals surface area contributed by atoms with E-state index in [1.54, 1.807) is 21.0 Å². The minimum atomic E-state index is -3.80. The molecule has 0 unspecified atom stereocenters. The molecule has 0 saturated heterocycles. The van der Waals surface area contributed by atoms with Crippen LogP contribution in [0.2, 0.25) is 5.02 Å². The summed E-state index contributed by atoms with van der Waals surface area (Å²) in [6.45, 7) is 5.59. The molecule has 0 heterocycles. The molecule has 0 bridgehead atoms. The van der Waals surface area contributed by atoms with E-state index in [4.69, 9.17) is 21.1 Å². The summed E-state index contributed by atoms with van der Waals surface area (Å²) in [5, 5.41) is 3.09. The molecule has 0 aliphatic carbocycles. The number of rotatable bonds is 10. The predicted molar refractivity (Wildman–Crippen MR) is 117 cm³/mol. The van der Waals surface area contributed by atoms with Crippen LogP contribution in [0.15, 0.2) is 47.4 Å². The maximum Gasteiger partial charge on any atom is 0.258 e. The van der Waals surface area contributed by atoms with Gasteiger partial charge in [-0.3, -0.25) is 4.79 Å². The fraction of sp³-hybridized carbons (Fsp3) is 0.381. The molecule has 0 aromatic heterocycles. The fourth-order valence-corrected chi connectivity index (χ4v) is 4.89. The van der Waals surface area contributed by atoms with E-state index >= 15 is 0 Å². The van der Waals surface area contributed by atoms with Crippen LogP contribution < -0.4 is 14.8 Å². The Morgan fingerprint density at radius 3 is 2.43 bits per heavy atom. The van der Waals surface area contributed by atoms with Crippen molar-refractivity contribution in [1.82, 2.24) is 9.62 Å². The SMILES string of the molecule is CCN(CC)S(=O)(=O)c1cc(Cl)ccc1OCC(=O)N[C@@H](C)c1ccccc1OC. The summed E-state index contributed by atoms with van der Waals surface area (Å²) < 4.78 is 38.0. The molecule has 0 aliphatic heterocycles. The summed E-state index contributed by atoms with van der Waals surface area (Å²) in [4.78, 5) is 12.3. The molecule has 1 amide bonds. The highest BCUT2D eigenvalue weighted by Crippen LogP contribution is 2.30. The van der Waals surface area contributed by atoms with Crippen LogP contribution in [0, 0.1) is 0 Å². The number of methoxy groups -OCH3 is 1. The molecule has 0 radical (unpaired) electrons. The van der Waals surface area contributed by atoms with Crippen molar-refractivity contribution in [2.75, 3.05) is 26.8 Å². The standard InChI is InChI=1S/C21H27ClN2O5S/c1-5-24(6-2)30(26,27)20-13-16(22)11-12-19(20)29-14-21(25)23-15(3)17-9-7-8-10-18(17)28-4/h7-13,15H,5-6,14H2,1-4H3,(H,23,25)/t15-/m0/s1. The number of para-hydroxylation sites is 1. The van der Waals surface area contributed by atoms with Gasteiger partial charge in [-0.05, 0) is 31.2 Å². The number of sulfonamides is 1. The van der Waals surface area contributed by atoms with Gasteiger partial charge in [0.15, 0.2) is 6.61 Å². The summed E-state index contributed by atoms with van der Waals surface area (Å²) in [7, 11) is -2.24. The fourth-order valence-electron chi connectivity index (χ4n) is 3.03.